The molecule has 0 radical (unpaired) electrons. The van der Waals surface area contributed by atoms with Gasteiger partial charge < -0.3 is 10.2 Å². The Morgan fingerprint density at radius 1 is 1.00 bits per heavy atom. The molecule has 3 fully saturated rings. The minimum Gasteiger partial charge on any atom is -0.384 e. The van der Waals surface area contributed by atoms with Crippen molar-refractivity contribution in [2.75, 3.05) is 0 Å². The van der Waals surface area contributed by atoms with Crippen LogP contribution in [-0.2, 0) is 0 Å². The van der Waals surface area contributed by atoms with Crippen molar-refractivity contribution >= 4 is 0 Å². The molecule has 4 aliphatic rings. The first kappa shape index (κ1) is 23.4. The van der Waals surface area contributed by atoms with Gasteiger partial charge in [-0.3, -0.25) is 0 Å². The highest BCUT2D eigenvalue weighted by atomic mass is 19.4. The molecular weight excluding hydrogens is 422 g/mol. The van der Waals surface area contributed by atoms with Crippen LogP contribution in [0.2, 0.25) is 0 Å². The van der Waals surface area contributed by atoms with Gasteiger partial charge in [0.25, 0.3) is 0 Å². The summed E-state index contributed by atoms with van der Waals surface area (Å²) in [6.07, 6.45) is -6.78. The first-order valence-corrected chi connectivity index (χ1v) is 11.4. The van der Waals surface area contributed by atoms with Gasteiger partial charge in [-0.15, -0.1) is 0 Å². The molecule has 0 saturated heterocycles. The van der Waals surface area contributed by atoms with E-state index in [1.54, 1.807) is 0 Å². The summed E-state index contributed by atoms with van der Waals surface area (Å²) < 4.78 is 79.1. The van der Waals surface area contributed by atoms with Crippen LogP contribution in [0.1, 0.15) is 71.6 Å². The molecule has 0 aromatic rings. The first-order valence-electron chi connectivity index (χ1n) is 11.4. The zero-order valence-corrected chi connectivity index (χ0v) is 18.0. The Balaban J connectivity index is 1.56. The Bertz CT molecular complexity index is 745. The lowest BCUT2D eigenvalue weighted by molar-refractivity contribution is -0.271. The molecule has 0 spiro atoms. The van der Waals surface area contributed by atoms with Crippen molar-refractivity contribution in [3.8, 4) is 0 Å². The average Bonchev–Trinajstić information content (AvgIpc) is 2.97. The van der Waals surface area contributed by atoms with E-state index in [1.807, 2.05) is 13.0 Å². The number of alkyl halides is 6. The second kappa shape index (κ2) is 7.12. The molecule has 8 heteroatoms. The van der Waals surface area contributed by atoms with Crippen LogP contribution in [-0.4, -0.2) is 34.3 Å². The fourth-order valence-electron chi connectivity index (χ4n) is 7.79. The van der Waals surface area contributed by atoms with Crippen molar-refractivity contribution in [2.24, 2.45) is 34.5 Å². The van der Waals surface area contributed by atoms with Crippen molar-refractivity contribution in [2.45, 2.75) is 95.7 Å². The third-order valence-corrected chi connectivity index (χ3v) is 9.78. The Hall–Kier alpha value is -0.760. The zero-order valence-electron chi connectivity index (χ0n) is 18.0. The second-order valence-electron chi connectivity index (χ2n) is 11.1. The Labute approximate surface area is 179 Å². The lowest BCUT2D eigenvalue weighted by Gasteiger charge is -2.59. The smallest absolute Gasteiger partial charge is 0.384 e. The third-order valence-electron chi connectivity index (χ3n) is 9.78. The summed E-state index contributed by atoms with van der Waals surface area (Å²) >= 11 is 0. The van der Waals surface area contributed by atoms with Crippen LogP contribution in [0.15, 0.2) is 11.6 Å². The molecule has 31 heavy (non-hydrogen) atoms. The molecule has 0 aromatic heterocycles. The SMILES string of the molecule is C[C@]12CC[C@H]3[C@@H](CC=C4C[C@](O)(C(F)(F)F)CC[C@@]43C)[C@@H]1CC[C@@H]2C[C@H](O)C(F)(F)F. The van der Waals surface area contributed by atoms with Gasteiger partial charge in [-0.25, -0.2) is 0 Å². The van der Waals surface area contributed by atoms with Crippen LogP contribution in [0.4, 0.5) is 26.3 Å². The molecular formula is C23H32F6O2. The van der Waals surface area contributed by atoms with Gasteiger partial charge in [0.1, 0.15) is 6.10 Å². The molecule has 3 saturated carbocycles. The summed E-state index contributed by atoms with van der Waals surface area (Å²) in [5.41, 5.74) is -2.65. The number of rotatable bonds is 2. The van der Waals surface area contributed by atoms with Crippen LogP contribution in [0.5, 0.6) is 0 Å². The number of aliphatic hydroxyl groups is 2. The predicted molar refractivity (Wildman–Crippen MR) is 103 cm³/mol. The maximum absolute atomic E-state index is 13.4. The summed E-state index contributed by atoms with van der Waals surface area (Å²) in [5.74, 6) is 0.442. The standard InChI is InChI=1S/C23H32F6O2/c1-19-8-7-17-15(16(19)6-4-13(19)11-18(30)22(24,25)26)5-3-14-12-21(31,23(27,28)29)10-9-20(14,17)2/h3,13,15-18,30-31H,4-12H2,1-2H3/t13-,15+,16+,17+,18+,19-,20+,21+/m1/s1. The summed E-state index contributed by atoms with van der Waals surface area (Å²) in [4.78, 5) is 0. The first-order chi connectivity index (χ1) is 14.1. The fourth-order valence-corrected chi connectivity index (χ4v) is 7.79. The predicted octanol–water partition coefficient (Wildman–Crippen LogP) is 6.17. The maximum atomic E-state index is 13.4. The van der Waals surface area contributed by atoms with Crippen molar-refractivity contribution < 1.29 is 36.6 Å². The minimum absolute atomic E-state index is 0.189. The minimum atomic E-state index is -4.66. The largest absolute Gasteiger partial charge is 0.417 e. The van der Waals surface area contributed by atoms with Crippen LogP contribution >= 0.6 is 0 Å². The van der Waals surface area contributed by atoms with E-state index in [-0.39, 0.29) is 54.8 Å². The van der Waals surface area contributed by atoms with Crippen LogP contribution in [0, 0.1) is 34.5 Å². The molecule has 8 atom stereocenters. The summed E-state index contributed by atoms with van der Waals surface area (Å²) in [7, 11) is 0. The average molecular weight is 454 g/mol. The lowest BCUT2D eigenvalue weighted by Crippen LogP contribution is -2.55. The highest BCUT2D eigenvalue weighted by molar-refractivity contribution is 5.27. The number of aliphatic hydroxyl groups excluding tert-OH is 1. The molecule has 0 unspecified atom stereocenters. The molecule has 4 rings (SSSR count). The van der Waals surface area contributed by atoms with Gasteiger partial charge in [-0.1, -0.05) is 25.5 Å². The van der Waals surface area contributed by atoms with Gasteiger partial charge >= 0.3 is 12.4 Å². The zero-order chi connectivity index (χ0) is 23.0. The molecule has 0 bridgehead atoms. The number of hydrogen-bond donors (Lipinski definition) is 2. The van der Waals surface area contributed by atoms with Gasteiger partial charge in [-0.05, 0) is 85.9 Å². The van der Waals surface area contributed by atoms with E-state index >= 15 is 0 Å². The van der Waals surface area contributed by atoms with E-state index in [2.05, 4.69) is 6.92 Å². The van der Waals surface area contributed by atoms with Crippen LogP contribution < -0.4 is 0 Å². The summed E-state index contributed by atoms with van der Waals surface area (Å²) in [6.45, 7) is 4.08. The molecule has 2 N–H and O–H groups in total. The van der Waals surface area contributed by atoms with Gasteiger partial charge in [0.05, 0.1) is 0 Å². The van der Waals surface area contributed by atoms with Gasteiger partial charge in [-0.2, -0.15) is 26.3 Å². The number of hydrogen-bond acceptors (Lipinski definition) is 2. The van der Waals surface area contributed by atoms with Gasteiger partial charge in [0.2, 0.25) is 0 Å². The fraction of sp³-hybridized carbons (Fsp3) is 0.913. The van der Waals surface area contributed by atoms with Crippen LogP contribution in [0.3, 0.4) is 0 Å². The van der Waals surface area contributed by atoms with Crippen LogP contribution in [0.25, 0.3) is 0 Å². The summed E-state index contributed by atoms with van der Waals surface area (Å²) in [5, 5.41) is 19.9. The number of allylic oxidation sites excluding steroid dienone is 1. The molecule has 2 nitrogen and oxygen atoms in total. The van der Waals surface area contributed by atoms with E-state index in [9.17, 15) is 36.6 Å². The van der Waals surface area contributed by atoms with E-state index in [0.29, 0.717) is 18.4 Å². The molecule has 178 valence electrons. The number of halogens is 6. The van der Waals surface area contributed by atoms with Crippen molar-refractivity contribution in [1.82, 2.24) is 0 Å². The van der Waals surface area contributed by atoms with E-state index < -0.39 is 29.5 Å². The molecule has 4 aliphatic carbocycles. The maximum Gasteiger partial charge on any atom is 0.417 e. The quantitative estimate of drug-likeness (QED) is 0.387. The highest BCUT2D eigenvalue weighted by Gasteiger charge is 2.63. The second-order valence-corrected chi connectivity index (χ2v) is 11.1. The van der Waals surface area contributed by atoms with Crippen molar-refractivity contribution in [1.29, 1.82) is 0 Å². The molecule has 0 heterocycles. The molecule has 0 aromatic carbocycles. The number of fused-ring (bicyclic) bond motifs is 5. The molecule has 0 amide bonds. The van der Waals surface area contributed by atoms with E-state index in [1.165, 1.54) is 0 Å². The topological polar surface area (TPSA) is 40.5 Å². The Morgan fingerprint density at radius 2 is 1.68 bits per heavy atom. The Kier molecular flexibility index (Phi) is 5.37. The van der Waals surface area contributed by atoms with Gasteiger partial charge in [0.15, 0.2) is 5.60 Å². The monoisotopic (exact) mass is 454 g/mol. The van der Waals surface area contributed by atoms with E-state index in [4.69, 9.17) is 0 Å². The lowest BCUT2D eigenvalue weighted by atomic mass is 9.46. The van der Waals surface area contributed by atoms with E-state index in [0.717, 1.165) is 19.3 Å². The summed E-state index contributed by atoms with van der Waals surface area (Å²) in [6, 6.07) is 0. The normalized spacial score (nSPS) is 46.6. The molecule has 0 aliphatic heterocycles. The van der Waals surface area contributed by atoms with Crippen molar-refractivity contribution in [3.05, 3.63) is 11.6 Å². The highest BCUT2D eigenvalue weighted by Crippen LogP contribution is 2.68. The van der Waals surface area contributed by atoms with Crippen molar-refractivity contribution in [3.63, 3.8) is 0 Å². The third kappa shape index (κ3) is 3.54. The van der Waals surface area contributed by atoms with Gasteiger partial charge in [0, 0.05) is 6.42 Å². The Morgan fingerprint density at radius 3 is 2.29 bits per heavy atom.